The minimum absolute atomic E-state index is 0.0717. The fourth-order valence-electron chi connectivity index (χ4n) is 3.95. The van der Waals surface area contributed by atoms with Crippen molar-refractivity contribution in [3.63, 3.8) is 0 Å². The van der Waals surface area contributed by atoms with Gasteiger partial charge in [-0.1, -0.05) is 27.7 Å². The van der Waals surface area contributed by atoms with Crippen molar-refractivity contribution in [3.05, 3.63) is 34.1 Å². The summed E-state index contributed by atoms with van der Waals surface area (Å²) in [4.78, 5) is 10.6. The molecule has 0 amide bonds. The molecule has 21 heavy (non-hydrogen) atoms. The summed E-state index contributed by atoms with van der Waals surface area (Å²) in [6, 6.07) is 3.67. The normalized spacial score (nSPS) is 21.0. The van der Waals surface area contributed by atoms with Crippen LogP contribution in [0.2, 0.25) is 0 Å². The van der Waals surface area contributed by atoms with E-state index in [1.165, 1.54) is 12.1 Å². The molecule has 2 rings (SSSR count). The third kappa shape index (κ3) is 3.93. The number of benzene rings is 1. The van der Waals surface area contributed by atoms with Gasteiger partial charge >= 0.3 is 0 Å². The molecule has 0 heterocycles. The van der Waals surface area contributed by atoms with Crippen LogP contribution in [-0.2, 0) is 0 Å². The first-order valence-electron chi connectivity index (χ1n) is 7.29. The first kappa shape index (κ1) is 15.7. The number of nitrogens with one attached hydrogen (secondary N) is 1. The summed E-state index contributed by atoms with van der Waals surface area (Å²) in [6.45, 7) is 8.84. The first-order chi connectivity index (χ1) is 9.58. The molecule has 4 nitrogen and oxygen atoms in total. The summed E-state index contributed by atoms with van der Waals surface area (Å²) in [5.41, 5.74) is 0.541. The van der Waals surface area contributed by atoms with Crippen LogP contribution in [0.4, 0.5) is 15.8 Å². The van der Waals surface area contributed by atoms with Gasteiger partial charge in [-0.2, -0.15) is 0 Å². The predicted octanol–water partition coefficient (Wildman–Crippen LogP) is 4.75. The molecule has 0 saturated heterocycles. The second-order valence-corrected chi connectivity index (χ2v) is 7.67. The Morgan fingerprint density at radius 2 is 1.81 bits per heavy atom. The van der Waals surface area contributed by atoms with E-state index in [0.29, 0.717) is 0 Å². The third-order valence-electron chi connectivity index (χ3n) is 4.07. The van der Waals surface area contributed by atoms with Crippen molar-refractivity contribution in [3.8, 4) is 0 Å². The van der Waals surface area contributed by atoms with Crippen molar-refractivity contribution >= 4 is 11.4 Å². The monoisotopic (exact) mass is 294 g/mol. The molecule has 0 atom stereocenters. The molecule has 1 fully saturated rings. The highest BCUT2D eigenvalue weighted by atomic mass is 19.1. The Bertz CT molecular complexity index is 539. The fourth-order valence-corrected chi connectivity index (χ4v) is 3.95. The zero-order valence-electron chi connectivity index (χ0n) is 13.1. The van der Waals surface area contributed by atoms with E-state index in [4.69, 9.17) is 0 Å². The molecular formula is C16H23FN2O2. The highest BCUT2D eigenvalue weighted by Crippen LogP contribution is 2.46. The van der Waals surface area contributed by atoms with Crippen LogP contribution in [0.25, 0.3) is 0 Å². The van der Waals surface area contributed by atoms with E-state index in [-0.39, 0.29) is 28.2 Å². The van der Waals surface area contributed by atoms with Gasteiger partial charge in [0, 0.05) is 18.2 Å². The SMILES string of the molecule is CC1(C)CC(Nc2cc(F)ccc2[N+](=O)[O-])CC(C)(C)C1. The Labute approximate surface area is 124 Å². The number of halogens is 1. The second kappa shape index (κ2) is 5.28. The molecule has 0 aliphatic heterocycles. The molecule has 116 valence electrons. The molecular weight excluding hydrogens is 271 g/mol. The first-order valence-corrected chi connectivity index (χ1v) is 7.29. The van der Waals surface area contributed by atoms with E-state index in [2.05, 4.69) is 33.0 Å². The number of nitro benzene ring substituents is 1. The Balaban J connectivity index is 2.25. The highest BCUT2D eigenvalue weighted by Gasteiger charge is 2.38. The molecule has 0 radical (unpaired) electrons. The highest BCUT2D eigenvalue weighted by molar-refractivity contribution is 5.62. The Kier molecular flexibility index (Phi) is 3.95. The van der Waals surface area contributed by atoms with Crippen LogP contribution in [0.1, 0.15) is 47.0 Å². The predicted molar refractivity (Wildman–Crippen MR) is 81.9 cm³/mol. The van der Waals surface area contributed by atoms with Gasteiger partial charge in [-0.3, -0.25) is 10.1 Å². The molecule has 1 aliphatic carbocycles. The average Bonchev–Trinajstić information content (AvgIpc) is 2.23. The second-order valence-electron chi connectivity index (χ2n) is 7.67. The summed E-state index contributed by atoms with van der Waals surface area (Å²) in [5, 5.41) is 14.3. The van der Waals surface area contributed by atoms with Gasteiger partial charge in [0.1, 0.15) is 11.5 Å². The van der Waals surface area contributed by atoms with Gasteiger partial charge in [-0.25, -0.2) is 4.39 Å². The van der Waals surface area contributed by atoms with E-state index in [9.17, 15) is 14.5 Å². The van der Waals surface area contributed by atoms with Crippen molar-refractivity contribution in [2.45, 2.75) is 53.0 Å². The Morgan fingerprint density at radius 1 is 1.24 bits per heavy atom. The molecule has 1 aliphatic rings. The average molecular weight is 294 g/mol. The molecule has 0 bridgehead atoms. The lowest BCUT2D eigenvalue weighted by Gasteiger charge is -2.45. The molecule has 1 N–H and O–H groups in total. The fraction of sp³-hybridized carbons (Fsp3) is 0.625. The van der Waals surface area contributed by atoms with E-state index < -0.39 is 10.7 Å². The smallest absolute Gasteiger partial charge is 0.292 e. The number of hydrogen-bond acceptors (Lipinski definition) is 3. The Morgan fingerprint density at radius 3 is 2.33 bits per heavy atom. The van der Waals surface area contributed by atoms with E-state index in [1.54, 1.807) is 0 Å². The summed E-state index contributed by atoms with van der Waals surface area (Å²) in [5.74, 6) is -0.461. The molecule has 0 spiro atoms. The minimum Gasteiger partial charge on any atom is -0.377 e. The quantitative estimate of drug-likeness (QED) is 0.646. The van der Waals surface area contributed by atoms with Crippen molar-refractivity contribution in [2.75, 3.05) is 5.32 Å². The van der Waals surface area contributed by atoms with Crippen molar-refractivity contribution in [1.29, 1.82) is 0 Å². The lowest BCUT2D eigenvalue weighted by atomic mass is 9.63. The zero-order valence-corrected chi connectivity index (χ0v) is 13.1. The van der Waals surface area contributed by atoms with E-state index in [1.807, 2.05) is 0 Å². The molecule has 1 saturated carbocycles. The zero-order chi connectivity index (χ0) is 15.8. The maximum absolute atomic E-state index is 13.4. The van der Waals surface area contributed by atoms with Crippen LogP contribution in [-0.4, -0.2) is 11.0 Å². The van der Waals surface area contributed by atoms with Gasteiger partial charge in [0.2, 0.25) is 0 Å². The lowest BCUT2D eigenvalue weighted by molar-refractivity contribution is -0.384. The van der Waals surface area contributed by atoms with Crippen LogP contribution in [0.15, 0.2) is 18.2 Å². The maximum Gasteiger partial charge on any atom is 0.292 e. The topological polar surface area (TPSA) is 55.2 Å². The van der Waals surface area contributed by atoms with Crippen LogP contribution in [0.5, 0.6) is 0 Å². The van der Waals surface area contributed by atoms with Crippen LogP contribution >= 0.6 is 0 Å². The largest absolute Gasteiger partial charge is 0.377 e. The third-order valence-corrected chi connectivity index (χ3v) is 4.07. The van der Waals surface area contributed by atoms with Gasteiger partial charge in [-0.15, -0.1) is 0 Å². The number of hydrogen-bond donors (Lipinski definition) is 1. The van der Waals surface area contributed by atoms with Crippen LogP contribution < -0.4 is 5.32 Å². The van der Waals surface area contributed by atoms with E-state index in [0.717, 1.165) is 25.3 Å². The van der Waals surface area contributed by atoms with Crippen molar-refractivity contribution < 1.29 is 9.31 Å². The standard InChI is InChI=1S/C16H23FN2O2/c1-15(2)8-12(9-16(3,4)10-15)18-13-7-11(17)5-6-14(13)19(20)21/h5-7,12,18H,8-10H2,1-4H3. The minimum atomic E-state index is -0.471. The number of rotatable bonds is 3. The summed E-state index contributed by atoms with van der Waals surface area (Å²) < 4.78 is 13.4. The lowest BCUT2D eigenvalue weighted by Crippen LogP contribution is -2.40. The van der Waals surface area contributed by atoms with Crippen LogP contribution in [0, 0.1) is 26.8 Å². The summed E-state index contributed by atoms with van der Waals surface area (Å²) >= 11 is 0. The molecule has 5 heteroatoms. The molecule has 1 aromatic carbocycles. The van der Waals surface area contributed by atoms with Gasteiger partial charge < -0.3 is 5.32 Å². The number of nitro groups is 1. The molecule has 0 unspecified atom stereocenters. The van der Waals surface area contributed by atoms with Gasteiger partial charge in [0.25, 0.3) is 5.69 Å². The van der Waals surface area contributed by atoms with Crippen LogP contribution in [0.3, 0.4) is 0 Å². The van der Waals surface area contributed by atoms with Crippen molar-refractivity contribution in [1.82, 2.24) is 0 Å². The van der Waals surface area contributed by atoms with Crippen molar-refractivity contribution in [2.24, 2.45) is 10.8 Å². The van der Waals surface area contributed by atoms with E-state index >= 15 is 0 Å². The molecule has 1 aromatic rings. The van der Waals surface area contributed by atoms with Gasteiger partial charge in [-0.05, 0) is 36.2 Å². The van der Waals surface area contributed by atoms with Gasteiger partial charge in [0.05, 0.1) is 4.92 Å². The number of anilines is 1. The van der Waals surface area contributed by atoms with Gasteiger partial charge in [0.15, 0.2) is 0 Å². The maximum atomic E-state index is 13.4. The summed E-state index contributed by atoms with van der Waals surface area (Å²) in [6.07, 6.45) is 2.96. The summed E-state index contributed by atoms with van der Waals surface area (Å²) in [7, 11) is 0. The molecule has 0 aromatic heterocycles. The Hall–Kier alpha value is -1.65. The number of nitrogens with zero attached hydrogens (tertiary/aromatic N) is 1.